The first-order valence-corrected chi connectivity index (χ1v) is 9.12. The van der Waals surface area contributed by atoms with Crippen molar-refractivity contribution in [3.63, 3.8) is 0 Å². The minimum atomic E-state index is -0.476. The van der Waals surface area contributed by atoms with Crippen LogP contribution >= 0.6 is 0 Å². The van der Waals surface area contributed by atoms with Gasteiger partial charge in [-0.2, -0.15) is 5.10 Å². The van der Waals surface area contributed by atoms with Crippen LogP contribution in [0.25, 0.3) is 10.9 Å². The quantitative estimate of drug-likeness (QED) is 0.427. The summed E-state index contributed by atoms with van der Waals surface area (Å²) in [4.78, 5) is 28.3. The molecule has 0 aliphatic heterocycles. The molecule has 0 bridgehead atoms. The van der Waals surface area contributed by atoms with E-state index >= 15 is 0 Å². The average molecular weight is 374 g/mol. The van der Waals surface area contributed by atoms with Gasteiger partial charge in [0, 0.05) is 17.1 Å². The van der Waals surface area contributed by atoms with E-state index in [2.05, 4.69) is 10.5 Å². The van der Waals surface area contributed by atoms with Crippen LogP contribution in [0.3, 0.4) is 0 Å². The maximum atomic E-state index is 13.0. The van der Waals surface area contributed by atoms with Gasteiger partial charge in [0.2, 0.25) is 0 Å². The smallest absolute Gasteiger partial charge is 0.267 e. The third kappa shape index (κ3) is 3.34. The molecule has 1 heterocycles. The van der Waals surface area contributed by atoms with E-state index < -0.39 is 4.92 Å². The molecule has 28 heavy (non-hydrogen) atoms. The number of carbonyl (C=O) groups is 1. The number of fused-ring (bicyclic) bond motifs is 2. The summed E-state index contributed by atoms with van der Waals surface area (Å²) in [5.41, 5.74) is 6.13. The van der Waals surface area contributed by atoms with Gasteiger partial charge in [-0.3, -0.25) is 19.9 Å². The highest BCUT2D eigenvalue weighted by molar-refractivity contribution is 6.08. The predicted octanol–water partition coefficient (Wildman–Crippen LogP) is 3.79. The van der Waals surface area contributed by atoms with Crippen molar-refractivity contribution >= 4 is 28.7 Å². The molecule has 0 saturated carbocycles. The zero-order valence-corrected chi connectivity index (χ0v) is 15.1. The van der Waals surface area contributed by atoms with Crippen LogP contribution in [-0.4, -0.2) is 22.0 Å². The van der Waals surface area contributed by atoms with Gasteiger partial charge >= 0.3 is 0 Å². The van der Waals surface area contributed by atoms with Crippen LogP contribution in [0.1, 0.15) is 40.0 Å². The number of hydrogen-bond donors (Lipinski definition) is 1. The van der Waals surface area contributed by atoms with E-state index in [9.17, 15) is 14.9 Å². The average Bonchev–Trinajstić information content (AvgIpc) is 2.72. The van der Waals surface area contributed by atoms with Gasteiger partial charge in [-0.1, -0.05) is 30.3 Å². The fraction of sp³-hybridized carbons (Fsp3) is 0.190. The van der Waals surface area contributed by atoms with Gasteiger partial charge in [0.15, 0.2) is 0 Å². The molecule has 0 radical (unpaired) electrons. The maximum absolute atomic E-state index is 13.0. The van der Waals surface area contributed by atoms with Crippen molar-refractivity contribution in [1.82, 2.24) is 10.4 Å². The Balaban J connectivity index is 1.67. The first kappa shape index (κ1) is 17.8. The summed E-state index contributed by atoms with van der Waals surface area (Å²) in [5.74, 6) is -0.327. The summed E-state index contributed by atoms with van der Waals surface area (Å²) < 4.78 is 0. The molecule has 0 atom stereocenters. The number of pyridine rings is 1. The SMILES string of the molecule is O=C(N/N=C/c1ccccc1[N+](=O)[O-])c1c2c(nc3ccccc13)CCCC2. The number of benzene rings is 2. The second-order valence-corrected chi connectivity index (χ2v) is 6.65. The van der Waals surface area contributed by atoms with E-state index in [0.29, 0.717) is 11.1 Å². The van der Waals surface area contributed by atoms with Crippen LogP contribution in [0.15, 0.2) is 53.6 Å². The molecule has 1 aliphatic carbocycles. The van der Waals surface area contributed by atoms with Gasteiger partial charge in [0.25, 0.3) is 11.6 Å². The molecule has 0 saturated heterocycles. The Labute approximate surface area is 161 Å². The molecule has 1 amide bonds. The summed E-state index contributed by atoms with van der Waals surface area (Å²) >= 11 is 0. The molecule has 0 fully saturated rings. The van der Waals surface area contributed by atoms with Crippen LogP contribution < -0.4 is 5.43 Å². The van der Waals surface area contributed by atoms with E-state index in [0.717, 1.165) is 47.8 Å². The Hall–Kier alpha value is -3.61. The lowest BCUT2D eigenvalue weighted by molar-refractivity contribution is -0.385. The maximum Gasteiger partial charge on any atom is 0.278 e. The molecular formula is C21H18N4O3. The Morgan fingerprint density at radius 1 is 1.11 bits per heavy atom. The molecule has 0 unspecified atom stereocenters. The zero-order valence-electron chi connectivity index (χ0n) is 15.1. The standard InChI is InChI=1S/C21H18N4O3/c26-21(24-22-13-14-7-1-6-12-19(14)25(27)28)20-15-8-2-4-10-17(15)23-18-11-5-3-9-16(18)20/h1-2,4,6-8,10,12-13H,3,5,9,11H2,(H,24,26)/b22-13+. The van der Waals surface area contributed by atoms with Crippen molar-refractivity contribution in [3.05, 3.63) is 81.0 Å². The monoisotopic (exact) mass is 374 g/mol. The van der Waals surface area contributed by atoms with E-state index in [1.165, 1.54) is 12.3 Å². The highest BCUT2D eigenvalue weighted by Gasteiger charge is 2.22. The van der Waals surface area contributed by atoms with Crippen LogP contribution in [0, 0.1) is 10.1 Å². The molecule has 0 spiro atoms. The number of hydrazone groups is 1. The van der Waals surface area contributed by atoms with Crippen LogP contribution in [0.4, 0.5) is 5.69 Å². The third-order valence-electron chi connectivity index (χ3n) is 4.90. The van der Waals surface area contributed by atoms with Crippen LogP contribution in [-0.2, 0) is 12.8 Å². The Morgan fingerprint density at radius 3 is 2.71 bits per heavy atom. The van der Waals surface area contributed by atoms with Crippen molar-refractivity contribution < 1.29 is 9.72 Å². The number of nitrogens with one attached hydrogen (secondary N) is 1. The molecule has 140 valence electrons. The van der Waals surface area contributed by atoms with Crippen molar-refractivity contribution in [2.24, 2.45) is 5.10 Å². The lowest BCUT2D eigenvalue weighted by Gasteiger charge is -2.19. The van der Waals surface area contributed by atoms with Crippen molar-refractivity contribution in [2.75, 3.05) is 0 Å². The molecular weight excluding hydrogens is 356 g/mol. The highest BCUT2D eigenvalue weighted by atomic mass is 16.6. The third-order valence-corrected chi connectivity index (χ3v) is 4.90. The topological polar surface area (TPSA) is 97.5 Å². The van der Waals surface area contributed by atoms with Crippen molar-refractivity contribution in [2.45, 2.75) is 25.7 Å². The van der Waals surface area contributed by atoms with Gasteiger partial charge in [-0.25, -0.2) is 5.43 Å². The minimum Gasteiger partial charge on any atom is -0.267 e. The molecule has 7 nitrogen and oxygen atoms in total. The number of para-hydroxylation sites is 2. The highest BCUT2D eigenvalue weighted by Crippen LogP contribution is 2.29. The zero-order chi connectivity index (χ0) is 19.5. The number of nitro benzene ring substituents is 1. The molecule has 2 aromatic carbocycles. The number of hydrogen-bond acceptors (Lipinski definition) is 5. The minimum absolute atomic E-state index is 0.0627. The van der Waals surface area contributed by atoms with Gasteiger partial charge in [0.1, 0.15) is 0 Å². The fourth-order valence-electron chi connectivity index (χ4n) is 3.61. The predicted molar refractivity (Wildman–Crippen MR) is 107 cm³/mol. The lowest BCUT2D eigenvalue weighted by Crippen LogP contribution is -2.22. The second kappa shape index (κ2) is 7.56. The second-order valence-electron chi connectivity index (χ2n) is 6.65. The Bertz CT molecular complexity index is 1110. The number of aromatic nitrogens is 1. The number of nitro groups is 1. The normalized spacial score (nSPS) is 13.4. The fourth-order valence-corrected chi connectivity index (χ4v) is 3.61. The van der Waals surface area contributed by atoms with Gasteiger partial charge in [-0.15, -0.1) is 0 Å². The van der Waals surface area contributed by atoms with Gasteiger partial charge < -0.3 is 0 Å². The van der Waals surface area contributed by atoms with Crippen molar-refractivity contribution in [3.8, 4) is 0 Å². The molecule has 3 aromatic rings. The van der Waals surface area contributed by atoms with Crippen LogP contribution in [0.2, 0.25) is 0 Å². The summed E-state index contributed by atoms with van der Waals surface area (Å²) in [7, 11) is 0. The van der Waals surface area contributed by atoms with E-state index in [1.54, 1.807) is 18.2 Å². The number of aryl methyl sites for hydroxylation is 1. The summed E-state index contributed by atoms with van der Waals surface area (Å²) in [6.07, 6.45) is 5.05. The number of amides is 1. The molecule has 1 aliphatic rings. The largest absolute Gasteiger partial charge is 0.278 e. The first-order chi connectivity index (χ1) is 13.6. The number of carbonyl (C=O) groups excluding carboxylic acids is 1. The number of rotatable bonds is 4. The lowest BCUT2D eigenvalue weighted by atomic mass is 9.89. The number of nitrogens with zero attached hydrogens (tertiary/aromatic N) is 3. The summed E-state index contributed by atoms with van der Waals surface area (Å²) in [5, 5.41) is 15.9. The van der Waals surface area contributed by atoms with Crippen molar-refractivity contribution in [1.29, 1.82) is 0 Å². The first-order valence-electron chi connectivity index (χ1n) is 9.12. The Kier molecular flexibility index (Phi) is 4.80. The Morgan fingerprint density at radius 2 is 1.86 bits per heavy atom. The van der Waals surface area contributed by atoms with E-state index in [1.807, 2.05) is 24.3 Å². The van der Waals surface area contributed by atoms with E-state index in [-0.39, 0.29) is 11.6 Å². The molecule has 4 rings (SSSR count). The van der Waals surface area contributed by atoms with Gasteiger partial charge in [-0.05, 0) is 43.4 Å². The molecule has 1 N–H and O–H groups in total. The summed E-state index contributed by atoms with van der Waals surface area (Å²) in [6, 6.07) is 13.8. The van der Waals surface area contributed by atoms with E-state index in [4.69, 9.17) is 4.98 Å². The molecule has 1 aromatic heterocycles. The summed E-state index contributed by atoms with van der Waals surface area (Å²) in [6.45, 7) is 0. The van der Waals surface area contributed by atoms with Crippen LogP contribution in [0.5, 0.6) is 0 Å². The molecule has 7 heteroatoms. The van der Waals surface area contributed by atoms with Gasteiger partial charge in [0.05, 0.1) is 27.8 Å².